The van der Waals surface area contributed by atoms with Crippen LogP contribution in [0, 0.1) is 5.82 Å². The topological polar surface area (TPSA) is 37.2 Å². The molecule has 2 aromatic carbocycles. The Labute approximate surface area is 165 Å². The van der Waals surface area contributed by atoms with Crippen LogP contribution in [0.2, 0.25) is 0 Å². The molecule has 4 rings (SSSR count). The molecular weight excluding hydrogens is 353 g/mol. The second kappa shape index (κ2) is 8.97. The Morgan fingerprint density at radius 2 is 1.54 bits per heavy atom. The lowest BCUT2D eigenvalue weighted by Crippen LogP contribution is -2.46. The largest absolute Gasteiger partial charge is 0.369 e. The van der Waals surface area contributed by atoms with Gasteiger partial charge in [0.2, 0.25) is 0 Å². The minimum Gasteiger partial charge on any atom is -0.369 e. The molecule has 0 spiro atoms. The Morgan fingerprint density at radius 3 is 2.29 bits per heavy atom. The predicted molar refractivity (Wildman–Crippen MR) is 110 cm³/mol. The summed E-state index contributed by atoms with van der Waals surface area (Å²) in [4.78, 5) is 4.84. The van der Waals surface area contributed by atoms with Crippen molar-refractivity contribution in [2.75, 3.05) is 37.6 Å². The molecule has 1 aliphatic heterocycles. The van der Waals surface area contributed by atoms with E-state index >= 15 is 0 Å². The highest BCUT2D eigenvalue weighted by atomic mass is 19.1. The normalized spacial score (nSPS) is 15.1. The van der Waals surface area contributed by atoms with Crippen LogP contribution in [0.4, 0.5) is 10.1 Å². The maximum atomic E-state index is 13.1. The maximum absolute atomic E-state index is 13.1. The van der Waals surface area contributed by atoms with Crippen molar-refractivity contribution in [2.24, 2.45) is 0 Å². The van der Waals surface area contributed by atoms with Gasteiger partial charge in [0.15, 0.2) is 0 Å². The van der Waals surface area contributed by atoms with E-state index in [9.17, 15) is 4.39 Å². The van der Waals surface area contributed by atoms with Crippen LogP contribution in [0.15, 0.2) is 60.8 Å². The van der Waals surface area contributed by atoms with E-state index in [1.165, 1.54) is 12.1 Å². The lowest BCUT2D eigenvalue weighted by atomic mass is 10.2. The molecule has 146 valence electrons. The number of aryl methyl sites for hydroxylation is 1. The third-order valence-corrected chi connectivity index (χ3v) is 5.28. The van der Waals surface area contributed by atoms with Crippen molar-refractivity contribution in [1.82, 2.24) is 19.9 Å². The van der Waals surface area contributed by atoms with Crippen molar-refractivity contribution in [3.63, 3.8) is 0 Å². The molecule has 5 nitrogen and oxygen atoms in total. The summed E-state index contributed by atoms with van der Waals surface area (Å²) >= 11 is 0. The van der Waals surface area contributed by atoms with E-state index in [4.69, 9.17) is 0 Å². The van der Waals surface area contributed by atoms with Crippen molar-refractivity contribution < 1.29 is 4.39 Å². The molecule has 2 heterocycles. The second-order valence-corrected chi connectivity index (χ2v) is 7.25. The number of benzene rings is 2. The van der Waals surface area contributed by atoms with Gasteiger partial charge < -0.3 is 4.90 Å². The predicted octanol–water partition coefficient (Wildman–Crippen LogP) is 3.69. The van der Waals surface area contributed by atoms with Crippen LogP contribution in [-0.4, -0.2) is 52.6 Å². The first-order valence-electron chi connectivity index (χ1n) is 9.96. The fourth-order valence-electron chi connectivity index (χ4n) is 3.64. The first kappa shape index (κ1) is 18.6. The van der Waals surface area contributed by atoms with Crippen LogP contribution in [0.25, 0.3) is 11.3 Å². The minimum absolute atomic E-state index is 0.175. The molecule has 0 N–H and O–H groups in total. The Morgan fingerprint density at radius 1 is 0.821 bits per heavy atom. The summed E-state index contributed by atoms with van der Waals surface area (Å²) in [6, 6.07) is 17.0. The Balaban J connectivity index is 1.17. The quantitative estimate of drug-likeness (QED) is 0.587. The highest BCUT2D eigenvalue weighted by molar-refractivity contribution is 5.57. The molecule has 1 saturated heterocycles. The summed E-state index contributed by atoms with van der Waals surface area (Å²) < 4.78 is 15.0. The summed E-state index contributed by atoms with van der Waals surface area (Å²) in [5, 5.41) is 8.52. The zero-order valence-corrected chi connectivity index (χ0v) is 16.0. The lowest BCUT2D eigenvalue weighted by molar-refractivity contribution is 0.250. The van der Waals surface area contributed by atoms with Crippen molar-refractivity contribution in [2.45, 2.75) is 19.4 Å². The van der Waals surface area contributed by atoms with Gasteiger partial charge in [-0.3, -0.25) is 9.58 Å². The number of halogens is 1. The monoisotopic (exact) mass is 379 g/mol. The number of aromatic nitrogens is 3. The highest BCUT2D eigenvalue weighted by Gasteiger charge is 2.16. The van der Waals surface area contributed by atoms with Crippen LogP contribution < -0.4 is 4.90 Å². The van der Waals surface area contributed by atoms with Crippen molar-refractivity contribution in [1.29, 1.82) is 0 Å². The number of hydrogen-bond acceptors (Lipinski definition) is 4. The van der Waals surface area contributed by atoms with Crippen LogP contribution >= 0.6 is 0 Å². The molecule has 0 atom stereocenters. The van der Waals surface area contributed by atoms with Gasteiger partial charge in [0.1, 0.15) is 11.5 Å². The molecule has 1 aromatic heterocycles. The van der Waals surface area contributed by atoms with E-state index in [1.54, 1.807) is 0 Å². The zero-order chi connectivity index (χ0) is 19.2. The molecule has 0 aliphatic carbocycles. The van der Waals surface area contributed by atoms with Gasteiger partial charge in [-0.25, -0.2) is 4.39 Å². The smallest absolute Gasteiger partial charge is 0.123 e. The molecule has 0 bridgehead atoms. The number of rotatable bonds is 7. The van der Waals surface area contributed by atoms with Crippen LogP contribution in [-0.2, 0) is 6.54 Å². The SMILES string of the molecule is Fc1ccc(N2CCN(CCCCn3cc(-c4ccccc4)nn3)CC2)cc1. The van der Waals surface area contributed by atoms with Gasteiger partial charge in [0.25, 0.3) is 0 Å². The average molecular weight is 379 g/mol. The molecular formula is C22H26FN5. The van der Waals surface area contributed by atoms with Gasteiger partial charge in [-0.1, -0.05) is 35.5 Å². The second-order valence-electron chi connectivity index (χ2n) is 7.25. The molecule has 3 aromatic rings. The van der Waals surface area contributed by atoms with Gasteiger partial charge in [-0.2, -0.15) is 0 Å². The number of piperazine rings is 1. The highest BCUT2D eigenvalue weighted by Crippen LogP contribution is 2.17. The summed E-state index contributed by atoms with van der Waals surface area (Å²) in [6.45, 7) is 6.11. The van der Waals surface area contributed by atoms with Crippen molar-refractivity contribution in [3.8, 4) is 11.3 Å². The summed E-state index contributed by atoms with van der Waals surface area (Å²) in [6.07, 6.45) is 4.27. The molecule has 1 fully saturated rings. The first-order valence-corrected chi connectivity index (χ1v) is 9.96. The summed E-state index contributed by atoms with van der Waals surface area (Å²) in [7, 11) is 0. The maximum Gasteiger partial charge on any atom is 0.123 e. The fourth-order valence-corrected chi connectivity index (χ4v) is 3.64. The van der Waals surface area contributed by atoms with Gasteiger partial charge in [0, 0.05) is 44.0 Å². The Bertz CT molecular complexity index is 854. The van der Waals surface area contributed by atoms with E-state index < -0.39 is 0 Å². The first-order chi connectivity index (χ1) is 13.8. The third-order valence-electron chi connectivity index (χ3n) is 5.28. The molecule has 0 unspecified atom stereocenters. The van der Waals surface area contributed by atoms with Crippen LogP contribution in [0.3, 0.4) is 0 Å². The van der Waals surface area contributed by atoms with E-state index in [-0.39, 0.29) is 5.82 Å². The van der Waals surface area contributed by atoms with Gasteiger partial charge in [0.05, 0.1) is 6.20 Å². The number of unbranched alkanes of at least 4 members (excludes halogenated alkanes) is 1. The van der Waals surface area contributed by atoms with Crippen LogP contribution in [0.1, 0.15) is 12.8 Å². The fraction of sp³-hybridized carbons (Fsp3) is 0.364. The van der Waals surface area contributed by atoms with Gasteiger partial charge in [-0.05, 0) is 43.7 Å². The number of nitrogens with zero attached hydrogens (tertiary/aromatic N) is 5. The number of anilines is 1. The standard InChI is InChI=1S/C22H26FN5/c23-20-8-10-21(11-9-20)27-16-14-26(15-17-27)12-4-5-13-28-18-22(24-25-28)19-6-2-1-3-7-19/h1-3,6-11,18H,4-5,12-17H2. The van der Waals surface area contributed by atoms with E-state index in [2.05, 4.69) is 32.2 Å². The summed E-state index contributed by atoms with van der Waals surface area (Å²) in [5.41, 5.74) is 3.15. The molecule has 1 aliphatic rings. The molecule has 28 heavy (non-hydrogen) atoms. The van der Waals surface area contributed by atoms with E-state index in [1.807, 2.05) is 41.2 Å². The Hall–Kier alpha value is -2.73. The molecule has 0 radical (unpaired) electrons. The van der Waals surface area contributed by atoms with Crippen molar-refractivity contribution >= 4 is 5.69 Å². The minimum atomic E-state index is -0.175. The Kier molecular flexibility index (Phi) is 5.97. The van der Waals surface area contributed by atoms with E-state index in [0.29, 0.717) is 0 Å². The zero-order valence-electron chi connectivity index (χ0n) is 16.0. The van der Waals surface area contributed by atoms with E-state index in [0.717, 1.165) is 69.1 Å². The summed E-state index contributed by atoms with van der Waals surface area (Å²) in [5.74, 6) is -0.175. The lowest BCUT2D eigenvalue weighted by Gasteiger charge is -2.36. The molecule has 0 amide bonds. The third kappa shape index (κ3) is 4.75. The molecule has 6 heteroatoms. The van der Waals surface area contributed by atoms with Crippen molar-refractivity contribution in [3.05, 3.63) is 66.6 Å². The average Bonchev–Trinajstić information content (AvgIpc) is 3.22. The van der Waals surface area contributed by atoms with Gasteiger partial charge >= 0.3 is 0 Å². The molecule has 0 saturated carbocycles. The number of hydrogen-bond donors (Lipinski definition) is 0. The van der Waals surface area contributed by atoms with Crippen LogP contribution in [0.5, 0.6) is 0 Å². The van der Waals surface area contributed by atoms with Gasteiger partial charge in [-0.15, -0.1) is 5.10 Å².